The highest BCUT2D eigenvalue weighted by atomic mass is 35.5. The molecule has 0 unspecified atom stereocenters. The molecule has 25 nitrogen and oxygen atoms in total. The number of halogens is 1. The van der Waals surface area contributed by atoms with Crippen molar-refractivity contribution in [2.75, 3.05) is 169 Å². The molecule has 8 N–H and O–H groups in total. The Hall–Kier alpha value is -9.99. The van der Waals surface area contributed by atoms with Crippen LogP contribution in [0.4, 0.5) is 80.8 Å². The zero-order valence-corrected chi connectivity index (χ0v) is 67.3. The Morgan fingerprint density at radius 1 is 0.578 bits per heavy atom. The molecule has 109 heavy (non-hydrogen) atoms. The van der Waals surface area contributed by atoms with Gasteiger partial charge < -0.3 is 89.7 Å². The van der Waals surface area contributed by atoms with Crippen LogP contribution in [-0.2, 0) is 20.1 Å². The zero-order chi connectivity index (χ0) is 77.2. The van der Waals surface area contributed by atoms with E-state index in [4.69, 9.17) is 35.8 Å². The Balaban J connectivity index is 0.000000153. The number of amides is 1. The number of carbonyl (C=O) groups is 1. The molecule has 0 radical (unpaired) electrons. The molecular formula is C80H98ClN18O7P3. The molecule has 6 aromatic carbocycles. The van der Waals surface area contributed by atoms with Gasteiger partial charge in [-0.3, -0.25) is 4.79 Å². The molecular weight excluding hydrogens is 1450 g/mol. The fourth-order valence-electron chi connectivity index (χ4n) is 13.3. The third-order valence-corrected chi connectivity index (χ3v) is 24.2. The van der Waals surface area contributed by atoms with Crippen molar-refractivity contribution in [2.24, 2.45) is 5.92 Å². The topological polar surface area (TPSA) is 286 Å². The molecule has 0 saturated carbocycles. The lowest BCUT2D eigenvalue weighted by molar-refractivity contribution is 0.0963. The number of aromatic amines is 1. The number of hydrogen-bond donors (Lipinski definition) is 8. The molecule has 1 amide bonds. The van der Waals surface area contributed by atoms with Gasteiger partial charge in [0.15, 0.2) is 5.82 Å². The Morgan fingerprint density at radius 2 is 1.12 bits per heavy atom. The number of aromatic nitrogens is 7. The predicted octanol–water partition coefficient (Wildman–Crippen LogP) is 15.2. The van der Waals surface area contributed by atoms with Crippen molar-refractivity contribution in [2.45, 2.75) is 45.6 Å². The number of rotatable bonds is 24. The first kappa shape index (κ1) is 78.6. The second kappa shape index (κ2) is 34.7. The van der Waals surface area contributed by atoms with Gasteiger partial charge in [0.25, 0.3) is 5.91 Å². The standard InChI is InChI=1S/C28H36ClN6O2P.C28H36N7O2P.C24H26N5O3P/c1-37-25-17-21(35-15-11-20(12-16-35)19-34-13-6-14-34)9-10-23(25)32-28-30-18-22(29)27(33-28)31-24-7-4-5-8-26(24)38(2,3)36;1-19(2)37-24-18-20(35-16-14-34(3)15-17-35)10-11-22(24)31-28-32-26-21(12-13-29-26)27(33-28)30-23-8-6-7-9-25(23)38(4,5)36;1-25-23(30)17-8-5-6-10-19(17)26-22-16-9-7-11-18(16)27-24(29-22)28-20-13-12-15(33(3,4)31)14-21(20)32-2/h4-5,7-10,17-18,20H,6,11-16,19H2,1-3H3,(H2,30,31,32,33);6-13,18-19H,14-17H2,1-5H3,(H3,29,30,31,32,33);5-10,12-14H,11H2,1-4H3,(H,25,30)(H2,26,27,28,29). The van der Waals surface area contributed by atoms with E-state index in [-0.39, 0.29) is 12.0 Å². The van der Waals surface area contributed by atoms with Crippen LogP contribution in [0.5, 0.6) is 17.2 Å². The van der Waals surface area contributed by atoms with Crippen molar-refractivity contribution < 1.29 is 32.7 Å². The first-order chi connectivity index (χ1) is 52.3. The number of benzene rings is 6. The monoisotopic (exact) mass is 1550 g/mol. The fourth-order valence-corrected chi connectivity index (χ4v) is 16.6. The van der Waals surface area contributed by atoms with E-state index in [1.807, 2.05) is 129 Å². The van der Waals surface area contributed by atoms with Gasteiger partial charge in [0.1, 0.15) is 61.0 Å². The van der Waals surface area contributed by atoms with E-state index < -0.39 is 21.4 Å². The number of nitrogens with one attached hydrogen (secondary N) is 8. The summed E-state index contributed by atoms with van der Waals surface area (Å²) >= 11 is 6.41. The highest BCUT2D eigenvalue weighted by molar-refractivity contribution is 7.71. The van der Waals surface area contributed by atoms with Gasteiger partial charge in [-0.25, -0.2) is 9.97 Å². The van der Waals surface area contributed by atoms with Crippen molar-refractivity contribution in [3.8, 4) is 17.2 Å². The second-order valence-corrected chi connectivity index (χ2v) is 38.8. The number of carbonyl (C=O) groups excluding carboxylic acids is 1. The summed E-state index contributed by atoms with van der Waals surface area (Å²) in [7, 11) is -0.428. The van der Waals surface area contributed by atoms with Gasteiger partial charge in [0, 0.05) is 110 Å². The largest absolute Gasteiger partial charge is 0.495 e. The van der Waals surface area contributed by atoms with Crippen LogP contribution in [0.1, 0.15) is 54.7 Å². The van der Waals surface area contributed by atoms with E-state index in [9.17, 15) is 18.5 Å². The number of hydrogen-bond acceptors (Lipinski definition) is 23. The molecule has 3 aliphatic heterocycles. The Labute approximate surface area is 643 Å². The summed E-state index contributed by atoms with van der Waals surface area (Å²) in [5.41, 5.74) is 9.62. The minimum atomic E-state index is -2.50. The van der Waals surface area contributed by atoms with Crippen LogP contribution in [-0.4, -0.2) is 184 Å². The number of ether oxygens (including phenoxy) is 3. The van der Waals surface area contributed by atoms with E-state index in [1.54, 1.807) is 79.6 Å². The van der Waals surface area contributed by atoms with E-state index >= 15 is 0 Å². The lowest BCUT2D eigenvalue weighted by atomic mass is 9.94. The number of nitrogens with zero attached hydrogens (tertiary/aromatic N) is 10. The van der Waals surface area contributed by atoms with Gasteiger partial charge >= 0.3 is 0 Å². The smallest absolute Gasteiger partial charge is 0.253 e. The van der Waals surface area contributed by atoms with Crippen LogP contribution in [0.3, 0.4) is 0 Å². The highest BCUT2D eigenvalue weighted by Crippen LogP contribution is 2.43. The first-order valence-electron chi connectivity index (χ1n) is 36.6. The molecule has 3 fully saturated rings. The number of anilines is 14. The number of likely N-dealkylation sites (tertiary alicyclic amines) is 1. The number of likely N-dealkylation sites (N-methyl/N-ethyl adjacent to an activating group) is 1. The lowest BCUT2D eigenvalue weighted by Gasteiger charge is -2.39. The molecule has 14 rings (SSSR count). The average molecular weight is 1550 g/mol. The SMILES string of the molecule is CC(C)Oc1cc(N2CCN(C)CC2)ccc1Nc1nc(Nc2ccccc2P(C)(C)=O)c2cc[nH]c2n1.CNC(=O)c1ccccc1Nc1nc(Nc2ccc(P(C)(C)=O)cc2OC)nc2c1C=CC2.COc1cc(N2CCC(CN3CCC3)CC2)ccc1Nc1ncc(Cl)c(Nc2ccccc2P(C)(C)=O)n1. The van der Waals surface area contributed by atoms with Crippen LogP contribution < -0.4 is 77.1 Å². The third-order valence-electron chi connectivity index (χ3n) is 19.3. The van der Waals surface area contributed by atoms with Crippen molar-refractivity contribution >= 4 is 153 Å². The number of piperidine rings is 1. The maximum absolute atomic E-state index is 12.9. The summed E-state index contributed by atoms with van der Waals surface area (Å²) in [4.78, 5) is 53.0. The van der Waals surface area contributed by atoms with Gasteiger partial charge in [-0.1, -0.05) is 60.2 Å². The summed E-state index contributed by atoms with van der Waals surface area (Å²) in [6.45, 7) is 24.5. The molecule has 0 spiro atoms. The van der Waals surface area contributed by atoms with Gasteiger partial charge in [0.2, 0.25) is 17.8 Å². The molecule has 10 aromatic rings. The summed E-state index contributed by atoms with van der Waals surface area (Å²) < 4.78 is 55.6. The van der Waals surface area contributed by atoms with E-state index in [1.165, 1.54) is 38.9 Å². The summed E-state index contributed by atoms with van der Waals surface area (Å²) in [6.07, 6.45) is 11.9. The number of fused-ring (bicyclic) bond motifs is 2. The molecule has 1 aliphatic carbocycles. The summed E-state index contributed by atoms with van der Waals surface area (Å²) in [6, 6.07) is 42.2. The zero-order valence-electron chi connectivity index (χ0n) is 63.9. The van der Waals surface area contributed by atoms with Crippen LogP contribution in [0.2, 0.25) is 5.02 Å². The van der Waals surface area contributed by atoms with Crippen molar-refractivity contribution in [3.63, 3.8) is 0 Å². The minimum Gasteiger partial charge on any atom is -0.495 e. The van der Waals surface area contributed by atoms with Crippen LogP contribution >= 0.6 is 33.0 Å². The summed E-state index contributed by atoms with van der Waals surface area (Å²) in [5.74, 6) is 5.49. The Bertz CT molecular complexity index is 5080. The third kappa shape index (κ3) is 19.9. The van der Waals surface area contributed by atoms with E-state index in [0.717, 1.165) is 118 Å². The van der Waals surface area contributed by atoms with E-state index in [2.05, 4.69) is 113 Å². The predicted molar refractivity (Wildman–Crippen MR) is 449 cm³/mol. The van der Waals surface area contributed by atoms with Crippen LogP contribution in [0, 0.1) is 5.92 Å². The molecule has 0 bridgehead atoms. The Morgan fingerprint density at radius 3 is 1.72 bits per heavy atom. The first-order valence-corrected chi connectivity index (χ1v) is 44.8. The van der Waals surface area contributed by atoms with Gasteiger partial charge in [0.05, 0.1) is 77.3 Å². The number of piperazine rings is 1. The number of methoxy groups -OCH3 is 2. The Kier molecular flexibility index (Phi) is 25.0. The van der Waals surface area contributed by atoms with Crippen molar-refractivity contribution in [1.82, 2.24) is 50.0 Å². The van der Waals surface area contributed by atoms with Crippen molar-refractivity contribution in [1.29, 1.82) is 0 Å². The number of allylic oxidation sites excluding steroid dienone is 1. The molecule has 7 heterocycles. The molecule has 4 aliphatic rings. The lowest BCUT2D eigenvalue weighted by Crippen LogP contribution is -2.44. The van der Waals surface area contributed by atoms with Gasteiger partial charge in [-0.2, -0.15) is 19.9 Å². The average Bonchev–Trinajstić information content (AvgIpc) is 1.77. The molecule has 0 atom stereocenters. The highest BCUT2D eigenvalue weighted by Gasteiger charge is 2.27. The quantitative estimate of drug-likeness (QED) is 0.0261. The van der Waals surface area contributed by atoms with Gasteiger partial charge in [-0.05, 0) is 184 Å². The molecule has 3 saturated heterocycles. The molecule has 29 heteroatoms. The second-order valence-electron chi connectivity index (χ2n) is 28.8. The maximum Gasteiger partial charge on any atom is 0.253 e. The molecule has 4 aromatic heterocycles. The minimum absolute atomic E-state index is 0.0117. The van der Waals surface area contributed by atoms with E-state index in [0.29, 0.717) is 80.8 Å². The summed E-state index contributed by atoms with van der Waals surface area (Å²) in [5, 5.41) is 26.0. The van der Waals surface area contributed by atoms with Crippen LogP contribution in [0.25, 0.3) is 17.1 Å². The van der Waals surface area contributed by atoms with Gasteiger partial charge in [-0.15, -0.1) is 0 Å². The number of para-hydroxylation sites is 3. The van der Waals surface area contributed by atoms with Crippen molar-refractivity contribution in [3.05, 3.63) is 174 Å². The number of H-pyrrole nitrogens is 1. The maximum atomic E-state index is 12.9. The van der Waals surface area contributed by atoms with Crippen LogP contribution in [0.15, 0.2) is 152 Å². The molecule has 572 valence electrons. The normalized spacial score (nSPS) is 14.7. The fraction of sp³-hybridized carbons (Fsp3) is 0.338.